The molecule has 7 nitrogen and oxygen atoms in total. The first-order valence-corrected chi connectivity index (χ1v) is 8.37. The summed E-state index contributed by atoms with van der Waals surface area (Å²) in [5.41, 5.74) is 3.08. The van der Waals surface area contributed by atoms with Gasteiger partial charge in [-0.2, -0.15) is 0 Å². The molecule has 1 fully saturated rings. The largest absolute Gasteiger partial charge is 0.480 e. The quantitative estimate of drug-likeness (QED) is 0.750. The number of ether oxygens (including phenoxy) is 1. The van der Waals surface area contributed by atoms with E-state index < -0.39 is 11.2 Å². The standard InChI is InChI=1S/C19H18N4O3/c1-10-4-3-5-11(6-10)12-7-13(12)14-8-16(22-23-18(14)26-2)15-9-20-19(25)21-17(15)24/h3-6,8-9,12-13H,7H2,1-2H3,(H2,20,21,24,25)/t12-,13+/m1/s1. The lowest BCUT2D eigenvalue weighted by Gasteiger charge is -2.09. The summed E-state index contributed by atoms with van der Waals surface area (Å²) in [5, 5.41) is 8.20. The van der Waals surface area contributed by atoms with Crippen LogP contribution in [0, 0.1) is 6.92 Å². The highest BCUT2D eigenvalue weighted by Gasteiger charge is 2.42. The van der Waals surface area contributed by atoms with Crippen LogP contribution in [0.2, 0.25) is 0 Å². The molecule has 132 valence electrons. The van der Waals surface area contributed by atoms with Gasteiger partial charge in [-0.1, -0.05) is 29.8 Å². The van der Waals surface area contributed by atoms with Gasteiger partial charge >= 0.3 is 5.69 Å². The summed E-state index contributed by atoms with van der Waals surface area (Å²) in [7, 11) is 1.56. The van der Waals surface area contributed by atoms with E-state index in [4.69, 9.17) is 4.74 Å². The van der Waals surface area contributed by atoms with Gasteiger partial charge in [-0.3, -0.25) is 9.78 Å². The Kier molecular flexibility index (Phi) is 3.91. The minimum atomic E-state index is -0.554. The van der Waals surface area contributed by atoms with Crippen molar-refractivity contribution in [1.82, 2.24) is 20.2 Å². The predicted octanol–water partition coefficient (Wildman–Crippen LogP) is 2.11. The molecule has 4 rings (SSSR count). The normalized spacial score (nSPS) is 18.5. The van der Waals surface area contributed by atoms with E-state index in [0.29, 0.717) is 17.5 Å². The molecule has 0 unspecified atom stereocenters. The summed E-state index contributed by atoms with van der Waals surface area (Å²) in [6, 6.07) is 10.3. The molecule has 0 bridgehead atoms. The molecule has 2 aromatic heterocycles. The molecule has 2 atom stereocenters. The van der Waals surface area contributed by atoms with Gasteiger partial charge in [0.15, 0.2) is 0 Å². The van der Waals surface area contributed by atoms with Gasteiger partial charge in [0.2, 0.25) is 5.88 Å². The average molecular weight is 350 g/mol. The molecule has 1 saturated carbocycles. The topological polar surface area (TPSA) is 101 Å². The summed E-state index contributed by atoms with van der Waals surface area (Å²) >= 11 is 0. The van der Waals surface area contributed by atoms with Crippen LogP contribution in [-0.4, -0.2) is 27.3 Å². The van der Waals surface area contributed by atoms with Crippen molar-refractivity contribution in [3.63, 3.8) is 0 Å². The fraction of sp³-hybridized carbons (Fsp3) is 0.263. The third-order valence-electron chi connectivity index (χ3n) is 4.74. The van der Waals surface area contributed by atoms with Crippen molar-refractivity contribution in [1.29, 1.82) is 0 Å². The molecule has 2 N–H and O–H groups in total. The van der Waals surface area contributed by atoms with Gasteiger partial charge in [0.05, 0.1) is 12.7 Å². The van der Waals surface area contributed by atoms with Gasteiger partial charge in [-0.05, 0) is 36.8 Å². The minimum absolute atomic E-state index is 0.267. The highest BCUT2D eigenvalue weighted by molar-refractivity contribution is 5.59. The van der Waals surface area contributed by atoms with Crippen molar-refractivity contribution < 1.29 is 4.74 Å². The first-order chi connectivity index (χ1) is 12.6. The van der Waals surface area contributed by atoms with Crippen molar-refractivity contribution in [3.8, 4) is 17.1 Å². The highest BCUT2D eigenvalue weighted by atomic mass is 16.5. The zero-order chi connectivity index (χ0) is 18.3. The summed E-state index contributed by atoms with van der Waals surface area (Å²) in [6.45, 7) is 2.08. The van der Waals surface area contributed by atoms with Crippen LogP contribution in [0.4, 0.5) is 0 Å². The lowest BCUT2D eigenvalue weighted by atomic mass is 10.0. The zero-order valence-electron chi connectivity index (χ0n) is 14.4. The monoisotopic (exact) mass is 350 g/mol. The second-order valence-electron chi connectivity index (χ2n) is 6.54. The molecule has 1 aliphatic rings. The zero-order valence-corrected chi connectivity index (χ0v) is 14.4. The molecule has 0 spiro atoms. The molecule has 0 amide bonds. The smallest absolute Gasteiger partial charge is 0.325 e. The van der Waals surface area contributed by atoms with Crippen LogP contribution in [0.15, 0.2) is 46.1 Å². The number of hydrogen-bond donors (Lipinski definition) is 2. The fourth-order valence-corrected chi connectivity index (χ4v) is 3.36. The SMILES string of the molecule is COc1nnc(-c2c[nH]c(=O)[nH]c2=O)cc1[C@H]1C[C@@H]1c1cccc(C)c1. The van der Waals surface area contributed by atoms with E-state index in [-0.39, 0.29) is 11.5 Å². The molecule has 26 heavy (non-hydrogen) atoms. The van der Waals surface area contributed by atoms with Crippen molar-refractivity contribution in [3.05, 3.63) is 74.1 Å². The number of aromatic amines is 2. The first kappa shape index (κ1) is 16.3. The number of nitrogens with one attached hydrogen (secondary N) is 2. The van der Waals surface area contributed by atoms with Crippen LogP contribution >= 0.6 is 0 Å². The lowest BCUT2D eigenvalue weighted by Crippen LogP contribution is -2.23. The van der Waals surface area contributed by atoms with Crippen LogP contribution in [0.3, 0.4) is 0 Å². The van der Waals surface area contributed by atoms with E-state index >= 15 is 0 Å². The van der Waals surface area contributed by atoms with E-state index in [0.717, 1.165) is 12.0 Å². The maximum atomic E-state index is 12.0. The molecule has 0 aliphatic heterocycles. The molecule has 2 heterocycles. The lowest BCUT2D eigenvalue weighted by molar-refractivity contribution is 0.386. The third-order valence-corrected chi connectivity index (χ3v) is 4.74. The second-order valence-corrected chi connectivity index (χ2v) is 6.54. The summed E-state index contributed by atoms with van der Waals surface area (Å²) < 4.78 is 5.38. The Bertz CT molecular complexity index is 1090. The molecule has 0 saturated heterocycles. The Balaban J connectivity index is 1.72. The molecule has 0 radical (unpaired) electrons. The van der Waals surface area contributed by atoms with Crippen molar-refractivity contribution in [2.24, 2.45) is 0 Å². The van der Waals surface area contributed by atoms with Crippen molar-refractivity contribution in [2.45, 2.75) is 25.2 Å². The van der Waals surface area contributed by atoms with Gasteiger partial charge in [-0.15, -0.1) is 10.2 Å². The van der Waals surface area contributed by atoms with E-state index in [9.17, 15) is 9.59 Å². The minimum Gasteiger partial charge on any atom is -0.480 e. The van der Waals surface area contributed by atoms with E-state index in [1.165, 1.54) is 17.3 Å². The number of H-pyrrole nitrogens is 2. The molecule has 3 aromatic rings. The van der Waals surface area contributed by atoms with E-state index in [1.54, 1.807) is 7.11 Å². The Morgan fingerprint density at radius 1 is 1.15 bits per heavy atom. The van der Waals surface area contributed by atoms with Crippen molar-refractivity contribution >= 4 is 0 Å². The van der Waals surface area contributed by atoms with E-state index in [1.807, 2.05) is 6.07 Å². The first-order valence-electron chi connectivity index (χ1n) is 8.37. The van der Waals surface area contributed by atoms with Gasteiger partial charge in [0.25, 0.3) is 5.56 Å². The molecular formula is C19H18N4O3. The molecule has 1 aliphatic carbocycles. The number of hydrogen-bond acceptors (Lipinski definition) is 5. The Hall–Kier alpha value is -3.22. The van der Waals surface area contributed by atoms with Gasteiger partial charge in [-0.25, -0.2) is 4.79 Å². The maximum Gasteiger partial charge on any atom is 0.325 e. The molecule has 7 heteroatoms. The van der Waals surface area contributed by atoms with Crippen LogP contribution in [0.5, 0.6) is 5.88 Å². The summed E-state index contributed by atoms with van der Waals surface area (Å²) in [4.78, 5) is 27.9. The van der Waals surface area contributed by atoms with Gasteiger partial charge in [0.1, 0.15) is 5.69 Å². The Morgan fingerprint density at radius 2 is 2.00 bits per heavy atom. The average Bonchev–Trinajstić information content (AvgIpc) is 3.42. The number of nitrogens with zero attached hydrogens (tertiary/aromatic N) is 2. The van der Waals surface area contributed by atoms with Crippen LogP contribution in [0.1, 0.15) is 34.9 Å². The highest BCUT2D eigenvalue weighted by Crippen LogP contribution is 2.56. The number of methoxy groups -OCH3 is 1. The molecule has 1 aromatic carbocycles. The number of rotatable bonds is 4. The Morgan fingerprint density at radius 3 is 2.73 bits per heavy atom. The third kappa shape index (κ3) is 2.92. The number of benzene rings is 1. The van der Waals surface area contributed by atoms with Crippen LogP contribution in [-0.2, 0) is 0 Å². The van der Waals surface area contributed by atoms with Crippen molar-refractivity contribution in [2.75, 3.05) is 7.11 Å². The fourth-order valence-electron chi connectivity index (χ4n) is 3.36. The number of aromatic nitrogens is 4. The van der Waals surface area contributed by atoms with Crippen LogP contribution < -0.4 is 16.0 Å². The predicted molar refractivity (Wildman–Crippen MR) is 96.5 cm³/mol. The number of aryl methyl sites for hydroxylation is 1. The second kappa shape index (κ2) is 6.25. The summed E-state index contributed by atoms with van der Waals surface area (Å²) in [6.07, 6.45) is 2.35. The molecular weight excluding hydrogens is 332 g/mol. The maximum absolute atomic E-state index is 12.0. The van der Waals surface area contributed by atoms with Gasteiger partial charge < -0.3 is 9.72 Å². The Labute approximate surface area is 149 Å². The van der Waals surface area contributed by atoms with E-state index in [2.05, 4.69) is 51.4 Å². The van der Waals surface area contributed by atoms with Crippen LogP contribution in [0.25, 0.3) is 11.3 Å². The van der Waals surface area contributed by atoms with Gasteiger partial charge in [0, 0.05) is 11.8 Å². The summed E-state index contributed by atoms with van der Waals surface area (Å²) in [5.74, 6) is 1.13.